The van der Waals surface area contributed by atoms with Crippen LogP contribution >= 0.6 is 23.1 Å². The van der Waals surface area contributed by atoms with Gasteiger partial charge in [-0.25, -0.2) is 15.0 Å². The van der Waals surface area contributed by atoms with Gasteiger partial charge in [0.05, 0.1) is 32.5 Å². The van der Waals surface area contributed by atoms with Crippen LogP contribution < -0.4 is 0 Å². The van der Waals surface area contributed by atoms with Crippen LogP contribution in [0.2, 0.25) is 0 Å². The molecule has 0 amide bonds. The molecule has 59 heavy (non-hydrogen) atoms. The Bertz CT molecular complexity index is 3510. The number of hydrogen-bond donors (Lipinski definition) is 0. The first kappa shape index (κ1) is 33.1. The van der Waals surface area contributed by atoms with Gasteiger partial charge in [0.25, 0.3) is 0 Å². The Kier molecular flexibility index (Phi) is 7.03. The van der Waals surface area contributed by atoms with Crippen LogP contribution in [-0.4, -0.2) is 15.0 Å². The summed E-state index contributed by atoms with van der Waals surface area (Å²) in [4.78, 5) is 18.6. The molecule has 0 saturated heterocycles. The highest BCUT2D eigenvalue weighted by Gasteiger charge is 2.50. The summed E-state index contributed by atoms with van der Waals surface area (Å²) >= 11 is 3.64. The molecule has 4 heterocycles. The van der Waals surface area contributed by atoms with Crippen molar-refractivity contribution < 1.29 is 0 Å². The minimum Gasteiger partial charge on any atom is -0.247 e. The molecule has 2 aliphatic rings. The van der Waals surface area contributed by atoms with Gasteiger partial charge in [-0.2, -0.15) is 0 Å². The summed E-state index contributed by atoms with van der Waals surface area (Å²) in [7, 11) is 0. The van der Waals surface area contributed by atoms with Crippen LogP contribution in [0.15, 0.2) is 198 Å². The number of nitrogens with zero attached hydrogens (tertiary/aromatic N) is 3. The van der Waals surface area contributed by atoms with Gasteiger partial charge in [-0.15, -0.1) is 11.3 Å². The molecular formula is C54H31N3S2. The molecule has 0 unspecified atom stereocenters. The summed E-state index contributed by atoms with van der Waals surface area (Å²) in [5.74, 6) is 0.726. The number of pyridine rings is 1. The van der Waals surface area contributed by atoms with Crippen molar-refractivity contribution in [2.24, 2.45) is 0 Å². The van der Waals surface area contributed by atoms with Gasteiger partial charge in [0, 0.05) is 52.7 Å². The number of fused-ring (bicyclic) bond motifs is 16. The Morgan fingerprint density at radius 2 is 1.07 bits per heavy atom. The number of thiophene rings is 1. The van der Waals surface area contributed by atoms with Crippen molar-refractivity contribution in [1.29, 1.82) is 0 Å². The zero-order valence-electron chi connectivity index (χ0n) is 31.6. The lowest BCUT2D eigenvalue weighted by Gasteiger charge is -2.39. The Balaban J connectivity index is 1.09. The Morgan fingerprint density at radius 3 is 1.88 bits per heavy atom. The predicted molar refractivity (Wildman–Crippen MR) is 245 cm³/mol. The van der Waals surface area contributed by atoms with Gasteiger partial charge in [0.2, 0.25) is 0 Å². The zero-order chi connectivity index (χ0) is 38.7. The maximum absolute atomic E-state index is 5.49. The first-order valence-electron chi connectivity index (χ1n) is 19.9. The van der Waals surface area contributed by atoms with E-state index in [1.54, 1.807) is 11.3 Å². The van der Waals surface area contributed by atoms with E-state index in [4.69, 9.17) is 15.0 Å². The molecule has 3 nitrogen and oxygen atoms in total. The van der Waals surface area contributed by atoms with Crippen LogP contribution in [0.5, 0.6) is 0 Å². The average Bonchev–Trinajstić information content (AvgIpc) is 3.83. The maximum atomic E-state index is 5.49. The highest BCUT2D eigenvalue weighted by atomic mass is 32.2. The minimum atomic E-state index is -0.456. The molecule has 0 fully saturated rings. The zero-order valence-corrected chi connectivity index (χ0v) is 33.2. The summed E-state index contributed by atoms with van der Waals surface area (Å²) in [5.41, 5.74) is 14.4. The average molecular weight is 786 g/mol. The molecule has 1 aliphatic heterocycles. The lowest BCUT2D eigenvalue weighted by Crippen LogP contribution is -2.31. The van der Waals surface area contributed by atoms with E-state index in [-0.39, 0.29) is 0 Å². The second-order valence-electron chi connectivity index (χ2n) is 15.4. The number of para-hydroxylation sites is 1. The van der Waals surface area contributed by atoms with Gasteiger partial charge in [-0.3, -0.25) is 0 Å². The molecule has 1 aliphatic carbocycles. The highest BCUT2D eigenvalue weighted by Crippen LogP contribution is 2.63. The molecule has 13 rings (SSSR count). The third kappa shape index (κ3) is 4.63. The predicted octanol–water partition coefficient (Wildman–Crippen LogP) is 14.4. The quantitative estimate of drug-likeness (QED) is 0.167. The van der Waals surface area contributed by atoms with Crippen LogP contribution in [0.1, 0.15) is 22.3 Å². The van der Waals surface area contributed by atoms with Gasteiger partial charge >= 0.3 is 0 Å². The van der Waals surface area contributed by atoms with Crippen LogP contribution in [-0.2, 0) is 5.41 Å². The molecule has 0 N–H and O–H groups in total. The molecule has 0 atom stereocenters. The van der Waals surface area contributed by atoms with Gasteiger partial charge in [0.15, 0.2) is 5.82 Å². The normalized spacial score (nSPS) is 13.5. The second kappa shape index (κ2) is 12.5. The van der Waals surface area contributed by atoms with Crippen molar-refractivity contribution in [2.45, 2.75) is 15.2 Å². The van der Waals surface area contributed by atoms with E-state index in [1.807, 2.05) is 30.0 Å². The lowest BCUT2D eigenvalue weighted by molar-refractivity contribution is 0.723. The van der Waals surface area contributed by atoms with E-state index in [0.717, 1.165) is 65.8 Å². The van der Waals surface area contributed by atoms with Gasteiger partial charge in [0.1, 0.15) is 0 Å². The van der Waals surface area contributed by atoms with Gasteiger partial charge in [-0.1, -0.05) is 169 Å². The fourth-order valence-electron chi connectivity index (χ4n) is 9.92. The molecule has 274 valence electrons. The minimum absolute atomic E-state index is 0.456. The molecule has 11 aromatic rings. The highest BCUT2D eigenvalue weighted by molar-refractivity contribution is 7.99. The molecule has 3 aromatic heterocycles. The van der Waals surface area contributed by atoms with E-state index in [1.165, 1.54) is 53.3 Å². The van der Waals surface area contributed by atoms with Crippen molar-refractivity contribution in [3.63, 3.8) is 0 Å². The third-order valence-corrected chi connectivity index (χ3v) is 14.7. The van der Waals surface area contributed by atoms with Gasteiger partial charge < -0.3 is 0 Å². The van der Waals surface area contributed by atoms with Crippen molar-refractivity contribution >= 4 is 65.1 Å². The molecule has 1 spiro atoms. The van der Waals surface area contributed by atoms with Crippen molar-refractivity contribution in [2.75, 3.05) is 0 Å². The number of hydrogen-bond acceptors (Lipinski definition) is 5. The van der Waals surface area contributed by atoms with E-state index < -0.39 is 5.41 Å². The fourth-order valence-corrected chi connectivity index (χ4v) is 12.3. The second-order valence-corrected chi connectivity index (χ2v) is 17.5. The first-order chi connectivity index (χ1) is 29.3. The Labute approximate surface area is 348 Å². The monoisotopic (exact) mass is 785 g/mol. The van der Waals surface area contributed by atoms with E-state index in [9.17, 15) is 0 Å². The molecule has 0 bridgehead atoms. The number of aromatic nitrogens is 3. The third-order valence-electron chi connectivity index (χ3n) is 12.3. The Morgan fingerprint density at radius 1 is 0.424 bits per heavy atom. The van der Waals surface area contributed by atoms with E-state index in [2.05, 4.69) is 170 Å². The lowest BCUT2D eigenvalue weighted by atomic mass is 9.67. The summed E-state index contributed by atoms with van der Waals surface area (Å²) in [6.07, 6.45) is 0. The van der Waals surface area contributed by atoms with Crippen molar-refractivity contribution in [3.8, 4) is 45.0 Å². The van der Waals surface area contributed by atoms with Crippen LogP contribution in [0, 0.1) is 0 Å². The van der Waals surface area contributed by atoms with Crippen molar-refractivity contribution in [1.82, 2.24) is 15.0 Å². The Hall–Kier alpha value is -6.92. The summed E-state index contributed by atoms with van der Waals surface area (Å²) in [5, 5.41) is 4.69. The van der Waals surface area contributed by atoms with E-state index in [0.29, 0.717) is 0 Å². The molecule has 5 heteroatoms. The van der Waals surface area contributed by atoms with Crippen LogP contribution in [0.25, 0.3) is 87.0 Å². The summed E-state index contributed by atoms with van der Waals surface area (Å²) < 4.78 is 2.29. The number of benzene rings is 8. The maximum Gasteiger partial charge on any atom is 0.160 e. The fraction of sp³-hybridized carbons (Fsp3) is 0.0185. The molecule has 0 saturated carbocycles. The van der Waals surface area contributed by atoms with E-state index >= 15 is 0 Å². The number of rotatable bonds is 3. The molecule has 8 aromatic carbocycles. The largest absolute Gasteiger partial charge is 0.247 e. The molecule has 0 radical (unpaired) electrons. The van der Waals surface area contributed by atoms with Gasteiger partial charge in [-0.05, 0) is 63.7 Å². The first-order valence-corrected chi connectivity index (χ1v) is 21.6. The standard InChI is InChI=1S/C54H31N3S2/c1-2-15-32(16-3-1)53-56-50(52-51(57-53)37-21-6-11-26-44(37)59-52)34-18-14-17-33(31-34)49-38-29-30-42-48(47(38)36-20-5-10-25-43(36)55-49)35-19-4-7-22-39(35)54(42)40-23-8-12-27-45(40)58-46-28-13-9-24-41(46)54/h1-31H. The SMILES string of the molecule is c1ccc(-c2nc(-c3cccc(-c4nc5ccccc5c5c6c(ccc45)C4(c5ccccc5Sc5ccccc54)c4ccccc4-6)c3)c3sc4ccccc4c3n2)cc1. The smallest absolute Gasteiger partial charge is 0.160 e. The van der Waals surface area contributed by atoms with Crippen molar-refractivity contribution in [3.05, 3.63) is 210 Å². The topological polar surface area (TPSA) is 38.7 Å². The summed E-state index contributed by atoms with van der Waals surface area (Å²) in [6, 6.07) is 68.2. The molecular weight excluding hydrogens is 755 g/mol. The van der Waals surface area contributed by atoms with Crippen LogP contribution in [0.3, 0.4) is 0 Å². The summed E-state index contributed by atoms with van der Waals surface area (Å²) in [6.45, 7) is 0. The van der Waals surface area contributed by atoms with Crippen LogP contribution in [0.4, 0.5) is 0 Å².